The number of carbonyl (C=O) groups is 3. The summed E-state index contributed by atoms with van der Waals surface area (Å²) in [6.07, 6.45) is 2.97. The van der Waals surface area contributed by atoms with Crippen LogP contribution < -0.4 is 10.6 Å². The van der Waals surface area contributed by atoms with Crippen LogP contribution in [0.3, 0.4) is 0 Å². The summed E-state index contributed by atoms with van der Waals surface area (Å²) in [6.45, 7) is 4.51. The van der Waals surface area contributed by atoms with E-state index in [0.717, 1.165) is 36.1 Å². The Morgan fingerprint density at radius 2 is 2.04 bits per heavy atom. The molecule has 1 fully saturated rings. The summed E-state index contributed by atoms with van der Waals surface area (Å²) in [5.74, 6) is -0.583. The maximum absolute atomic E-state index is 12.3. The lowest BCUT2D eigenvalue weighted by atomic mass is 10.1. The average Bonchev–Trinajstić information content (AvgIpc) is 2.99. The quantitative estimate of drug-likeness (QED) is 0.486. The van der Waals surface area contributed by atoms with Crippen LogP contribution in [0.5, 0.6) is 0 Å². The predicted molar refractivity (Wildman–Crippen MR) is 111 cm³/mol. The smallest absolute Gasteiger partial charge is 0.305 e. The molecule has 0 saturated carbocycles. The summed E-state index contributed by atoms with van der Waals surface area (Å²) in [5.41, 5.74) is 2.89. The maximum atomic E-state index is 12.3. The summed E-state index contributed by atoms with van der Waals surface area (Å²) < 4.78 is 4.59. The number of amides is 2. The van der Waals surface area contributed by atoms with Crippen molar-refractivity contribution in [2.75, 3.05) is 19.0 Å². The van der Waals surface area contributed by atoms with E-state index in [-0.39, 0.29) is 24.2 Å². The molecule has 0 radical (unpaired) electrons. The molecule has 1 atom stereocenters. The molecule has 7 nitrogen and oxygen atoms in total. The number of thioether (sulfide) groups is 1. The van der Waals surface area contributed by atoms with E-state index in [1.54, 1.807) is 0 Å². The molecule has 0 bridgehead atoms. The Labute approximate surface area is 169 Å². The second kappa shape index (κ2) is 10.8. The van der Waals surface area contributed by atoms with E-state index in [9.17, 15) is 14.4 Å². The lowest BCUT2D eigenvalue weighted by molar-refractivity contribution is -0.140. The van der Waals surface area contributed by atoms with Crippen LogP contribution in [0.25, 0.3) is 0 Å². The minimum atomic E-state index is -0.469. The number of carbonyl (C=O) groups excluding carboxylic acids is 3. The number of amidine groups is 1. The van der Waals surface area contributed by atoms with E-state index in [4.69, 9.17) is 0 Å². The highest BCUT2D eigenvalue weighted by Crippen LogP contribution is 2.24. The van der Waals surface area contributed by atoms with Crippen molar-refractivity contribution in [3.63, 3.8) is 0 Å². The van der Waals surface area contributed by atoms with Gasteiger partial charge in [0.15, 0.2) is 5.17 Å². The SMILES string of the molecule is COC(=O)CCCCCN=C1NC(=O)[C@@H](CC(=O)Nc2ccc(C)cc2C)S1. The Hall–Kier alpha value is -2.35. The maximum Gasteiger partial charge on any atom is 0.305 e. The molecule has 8 heteroatoms. The minimum absolute atomic E-state index is 0.0992. The molecule has 28 heavy (non-hydrogen) atoms. The first-order chi connectivity index (χ1) is 13.4. The van der Waals surface area contributed by atoms with Crippen LogP contribution >= 0.6 is 11.8 Å². The van der Waals surface area contributed by atoms with Gasteiger partial charge in [0.2, 0.25) is 11.8 Å². The summed E-state index contributed by atoms with van der Waals surface area (Å²) in [6, 6.07) is 5.82. The highest BCUT2D eigenvalue weighted by Gasteiger charge is 2.32. The number of nitrogens with zero attached hydrogens (tertiary/aromatic N) is 1. The molecule has 1 aromatic carbocycles. The number of ether oxygens (including phenoxy) is 1. The summed E-state index contributed by atoms with van der Waals surface area (Å²) in [4.78, 5) is 39.8. The number of methoxy groups -OCH3 is 1. The third-order valence-electron chi connectivity index (χ3n) is 4.33. The highest BCUT2D eigenvalue weighted by atomic mass is 32.2. The van der Waals surface area contributed by atoms with Gasteiger partial charge in [-0.3, -0.25) is 19.4 Å². The number of aryl methyl sites for hydroxylation is 2. The number of aliphatic imine (C=N–C) groups is 1. The van der Waals surface area contributed by atoms with Crippen molar-refractivity contribution in [2.45, 2.75) is 51.2 Å². The second-order valence-electron chi connectivity index (χ2n) is 6.74. The van der Waals surface area contributed by atoms with Crippen molar-refractivity contribution in [3.05, 3.63) is 29.3 Å². The van der Waals surface area contributed by atoms with Crippen LogP contribution in [0.15, 0.2) is 23.2 Å². The van der Waals surface area contributed by atoms with Crippen molar-refractivity contribution in [3.8, 4) is 0 Å². The van der Waals surface area contributed by atoms with Crippen molar-refractivity contribution >= 4 is 40.4 Å². The Bertz CT molecular complexity index is 764. The number of rotatable bonds is 9. The molecular weight excluding hydrogens is 378 g/mol. The van der Waals surface area contributed by atoms with Gasteiger partial charge in [-0.25, -0.2) is 0 Å². The van der Waals surface area contributed by atoms with Crippen LogP contribution in [0.4, 0.5) is 5.69 Å². The fraction of sp³-hybridized carbons (Fsp3) is 0.500. The van der Waals surface area contributed by atoms with Gasteiger partial charge in [0.1, 0.15) is 5.25 Å². The van der Waals surface area contributed by atoms with Gasteiger partial charge in [0, 0.05) is 25.1 Å². The largest absolute Gasteiger partial charge is 0.469 e. The first-order valence-electron chi connectivity index (χ1n) is 9.35. The fourth-order valence-corrected chi connectivity index (χ4v) is 3.77. The van der Waals surface area contributed by atoms with Gasteiger partial charge in [0.05, 0.1) is 7.11 Å². The molecule has 0 unspecified atom stereocenters. The molecule has 0 spiro atoms. The molecule has 0 aliphatic carbocycles. The molecule has 2 N–H and O–H groups in total. The van der Waals surface area contributed by atoms with E-state index >= 15 is 0 Å². The Morgan fingerprint density at radius 3 is 2.75 bits per heavy atom. The molecule has 0 aromatic heterocycles. The van der Waals surface area contributed by atoms with Gasteiger partial charge in [-0.2, -0.15) is 0 Å². The number of hydrogen-bond donors (Lipinski definition) is 2. The monoisotopic (exact) mass is 405 g/mol. The fourth-order valence-electron chi connectivity index (χ4n) is 2.78. The standard InChI is InChI=1S/C20H27N3O4S/c1-13-8-9-15(14(2)11-13)22-17(24)12-16-19(26)23-20(28-16)21-10-6-4-5-7-18(25)27-3/h8-9,11,16H,4-7,10,12H2,1-3H3,(H,22,24)(H,21,23,26)/t16-/m1/s1. The highest BCUT2D eigenvalue weighted by molar-refractivity contribution is 8.15. The van der Waals surface area contributed by atoms with E-state index in [2.05, 4.69) is 20.4 Å². The molecular formula is C20H27N3O4S. The van der Waals surface area contributed by atoms with Gasteiger partial charge in [-0.15, -0.1) is 0 Å². The van der Waals surface area contributed by atoms with E-state index < -0.39 is 5.25 Å². The first kappa shape index (κ1) is 21.9. The van der Waals surface area contributed by atoms with Crippen LogP contribution in [-0.2, 0) is 19.1 Å². The third-order valence-corrected chi connectivity index (χ3v) is 5.45. The van der Waals surface area contributed by atoms with E-state index in [0.29, 0.717) is 18.1 Å². The topological polar surface area (TPSA) is 96.9 Å². The zero-order chi connectivity index (χ0) is 20.5. The summed E-state index contributed by atoms with van der Waals surface area (Å²) >= 11 is 1.29. The Kier molecular flexibility index (Phi) is 8.50. The van der Waals surface area contributed by atoms with Gasteiger partial charge < -0.3 is 15.4 Å². The molecule has 2 rings (SSSR count). The van der Waals surface area contributed by atoms with Crippen molar-refractivity contribution in [1.82, 2.24) is 5.32 Å². The van der Waals surface area contributed by atoms with Gasteiger partial charge in [-0.1, -0.05) is 35.9 Å². The zero-order valence-corrected chi connectivity index (χ0v) is 17.4. The number of anilines is 1. The Morgan fingerprint density at radius 1 is 1.25 bits per heavy atom. The second-order valence-corrected chi connectivity index (χ2v) is 7.93. The van der Waals surface area contributed by atoms with E-state index in [1.165, 1.54) is 18.9 Å². The molecule has 1 aromatic rings. The predicted octanol–water partition coefficient (Wildman–Crippen LogP) is 2.95. The molecule has 1 aliphatic rings. The third kappa shape index (κ3) is 6.99. The number of benzene rings is 1. The van der Waals surface area contributed by atoms with Crippen LogP contribution in [0.2, 0.25) is 0 Å². The van der Waals surface area contributed by atoms with Crippen molar-refractivity contribution in [2.24, 2.45) is 4.99 Å². The van der Waals surface area contributed by atoms with Crippen molar-refractivity contribution < 1.29 is 19.1 Å². The average molecular weight is 406 g/mol. The van der Waals surface area contributed by atoms with Crippen LogP contribution in [-0.4, -0.2) is 41.9 Å². The molecule has 1 saturated heterocycles. The van der Waals surface area contributed by atoms with Gasteiger partial charge >= 0.3 is 5.97 Å². The molecule has 1 aliphatic heterocycles. The summed E-state index contributed by atoms with van der Waals surface area (Å²) in [5, 5.41) is 5.69. The van der Waals surface area contributed by atoms with Gasteiger partial charge in [-0.05, 0) is 38.3 Å². The number of esters is 1. The normalized spacial score (nSPS) is 17.5. The molecule has 1 heterocycles. The zero-order valence-electron chi connectivity index (χ0n) is 16.5. The lowest BCUT2D eigenvalue weighted by Crippen LogP contribution is -2.28. The minimum Gasteiger partial charge on any atom is -0.469 e. The number of unbranched alkanes of at least 4 members (excludes halogenated alkanes) is 2. The van der Waals surface area contributed by atoms with Crippen molar-refractivity contribution in [1.29, 1.82) is 0 Å². The first-order valence-corrected chi connectivity index (χ1v) is 10.2. The van der Waals surface area contributed by atoms with E-state index in [1.807, 2.05) is 32.0 Å². The number of nitrogens with one attached hydrogen (secondary N) is 2. The van der Waals surface area contributed by atoms with Crippen LogP contribution in [0.1, 0.15) is 43.2 Å². The van der Waals surface area contributed by atoms with Crippen LogP contribution in [0, 0.1) is 13.8 Å². The lowest BCUT2D eigenvalue weighted by Gasteiger charge is -2.10. The molecule has 152 valence electrons. The summed E-state index contributed by atoms with van der Waals surface area (Å²) in [7, 11) is 1.38. The number of hydrogen-bond acceptors (Lipinski definition) is 6. The van der Waals surface area contributed by atoms with Gasteiger partial charge in [0.25, 0.3) is 0 Å². The molecule has 2 amide bonds. The Balaban J connectivity index is 1.74.